The van der Waals surface area contributed by atoms with E-state index in [1.165, 1.54) is 13.8 Å². The summed E-state index contributed by atoms with van der Waals surface area (Å²) in [6.07, 6.45) is 8.74. The minimum Gasteiger partial charge on any atom is -0.419 e. The molecule has 1 aromatic rings. The van der Waals surface area contributed by atoms with Crippen molar-refractivity contribution in [3.8, 4) is 0 Å². The molecule has 0 bridgehead atoms. The lowest BCUT2D eigenvalue weighted by molar-refractivity contribution is -0.222. The van der Waals surface area contributed by atoms with Crippen LogP contribution in [0.15, 0.2) is 66.8 Å². The van der Waals surface area contributed by atoms with Crippen molar-refractivity contribution in [3.63, 3.8) is 0 Å². The molecular weight excluding hydrogens is 304 g/mol. The zero-order valence-electron chi connectivity index (χ0n) is 14.0. The summed E-state index contributed by atoms with van der Waals surface area (Å²) in [6.45, 7) is 6.76. The summed E-state index contributed by atoms with van der Waals surface area (Å²) in [5.74, 6) is -2.45. The molecule has 0 N–H and O–H groups in total. The summed E-state index contributed by atoms with van der Waals surface area (Å²) in [5, 5.41) is 0. The molecule has 1 atom stereocenters. The van der Waals surface area contributed by atoms with E-state index in [1.54, 1.807) is 6.08 Å². The topological polar surface area (TPSA) is 52.6 Å². The van der Waals surface area contributed by atoms with Crippen LogP contribution in [0.4, 0.5) is 0 Å². The monoisotopic (exact) mass is 326 g/mol. The van der Waals surface area contributed by atoms with Crippen LogP contribution in [-0.2, 0) is 19.1 Å². The van der Waals surface area contributed by atoms with Gasteiger partial charge in [-0.05, 0) is 18.4 Å². The van der Waals surface area contributed by atoms with E-state index in [2.05, 4.69) is 12.7 Å². The summed E-state index contributed by atoms with van der Waals surface area (Å²) < 4.78 is 10.2. The fourth-order valence-electron chi connectivity index (χ4n) is 2.44. The smallest absolute Gasteiger partial charge is 0.348 e. The van der Waals surface area contributed by atoms with E-state index in [1.807, 2.05) is 42.5 Å². The SMILES string of the molecule is C=CC/C=C/[C@H](CC=C1C(=O)OC(C)(C)OC1=O)c1ccccc1. The van der Waals surface area contributed by atoms with Gasteiger partial charge in [-0.3, -0.25) is 0 Å². The first-order valence-electron chi connectivity index (χ1n) is 7.92. The van der Waals surface area contributed by atoms with Gasteiger partial charge in [-0.15, -0.1) is 6.58 Å². The zero-order valence-corrected chi connectivity index (χ0v) is 14.0. The van der Waals surface area contributed by atoms with E-state index in [0.717, 1.165) is 12.0 Å². The van der Waals surface area contributed by atoms with E-state index < -0.39 is 17.7 Å². The van der Waals surface area contributed by atoms with Crippen LogP contribution < -0.4 is 0 Å². The Kier molecular flexibility index (Phi) is 5.74. The molecule has 0 aromatic heterocycles. The number of carbonyl (C=O) groups excluding carboxylic acids is 2. The molecule has 0 radical (unpaired) electrons. The highest BCUT2D eigenvalue weighted by atomic mass is 16.7. The van der Waals surface area contributed by atoms with Crippen molar-refractivity contribution >= 4 is 11.9 Å². The maximum atomic E-state index is 12.0. The molecule has 0 saturated carbocycles. The van der Waals surface area contributed by atoms with Gasteiger partial charge in [-0.2, -0.15) is 0 Å². The van der Waals surface area contributed by atoms with Crippen LogP contribution >= 0.6 is 0 Å². The molecule has 1 fully saturated rings. The molecular formula is C20H22O4. The molecule has 24 heavy (non-hydrogen) atoms. The van der Waals surface area contributed by atoms with Crippen molar-refractivity contribution in [1.82, 2.24) is 0 Å². The van der Waals surface area contributed by atoms with Crippen LogP contribution in [-0.4, -0.2) is 17.7 Å². The second kappa shape index (κ2) is 7.77. The van der Waals surface area contributed by atoms with Gasteiger partial charge >= 0.3 is 11.9 Å². The molecule has 0 amide bonds. The summed E-state index contributed by atoms with van der Waals surface area (Å²) in [7, 11) is 0. The highest BCUT2D eigenvalue weighted by Gasteiger charge is 2.38. The van der Waals surface area contributed by atoms with Gasteiger partial charge in [0.2, 0.25) is 0 Å². The average molecular weight is 326 g/mol. The molecule has 1 aliphatic rings. The van der Waals surface area contributed by atoms with E-state index in [-0.39, 0.29) is 11.5 Å². The largest absolute Gasteiger partial charge is 0.419 e. The summed E-state index contributed by atoms with van der Waals surface area (Å²) >= 11 is 0. The summed E-state index contributed by atoms with van der Waals surface area (Å²) in [5.41, 5.74) is 1.06. The van der Waals surface area contributed by atoms with Gasteiger partial charge in [0.15, 0.2) is 0 Å². The van der Waals surface area contributed by atoms with E-state index in [0.29, 0.717) is 6.42 Å². The normalized spacial score (nSPS) is 18.0. The van der Waals surface area contributed by atoms with Crippen molar-refractivity contribution in [3.05, 3.63) is 72.4 Å². The molecule has 2 rings (SSSR count). The van der Waals surface area contributed by atoms with Crippen molar-refractivity contribution in [1.29, 1.82) is 0 Å². The van der Waals surface area contributed by atoms with Crippen LogP contribution in [0.3, 0.4) is 0 Å². The zero-order chi connectivity index (χ0) is 17.6. The summed E-state index contributed by atoms with van der Waals surface area (Å²) in [6, 6.07) is 9.90. The Balaban J connectivity index is 2.19. The van der Waals surface area contributed by atoms with Gasteiger partial charge in [0, 0.05) is 19.8 Å². The van der Waals surface area contributed by atoms with E-state index in [4.69, 9.17) is 9.47 Å². The van der Waals surface area contributed by atoms with Gasteiger partial charge in [0.1, 0.15) is 5.57 Å². The van der Waals surface area contributed by atoms with Gasteiger partial charge in [-0.25, -0.2) is 9.59 Å². The first-order valence-corrected chi connectivity index (χ1v) is 7.92. The van der Waals surface area contributed by atoms with Gasteiger partial charge < -0.3 is 9.47 Å². The Morgan fingerprint density at radius 3 is 2.33 bits per heavy atom. The molecule has 1 heterocycles. The molecule has 1 aromatic carbocycles. The Labute approximate surface area is 142 Å². The molecule has 0 spiro atoms. The Hall–Kier alpha value is -2.62. The van der Waals surface area contributed by atoms with Crippen molar-refractivity contribution in [2.75, 3.05) is 0 Å². The molecule has 4 nitrogen and oxygen atoms in total. The second-order valence-electron chi connectivity index (χ2n) is 6.00. The number of benzene rings is 1. The fraction of sp³-hybridized carbons (Fsp3) is 0.300. The number of hydrogen-bond acceptors (Lipinski definition) is 4. The van der Waals surface area contributed by atoms with E-state index in [9.17, 15) is 9.59 Å². The minimum absolute atomic E-state index is 0.0487. The quantitative estimate of drug-likeness (QED) is 0.342. The maximum absolute atomic E-state index is 12.0. The fourth-order valence-corrected chi connectivity index (χ4v) is 2.44. The van der Waals surface area contributed by atoms with Crippen molar-refractivity contribution in [2.24, 2.45) is 0 Å². The lowest BCUT2D eigenvalue weighted by Gasteiger charge is -2.29. The number of ether oxygens (including phenoxy) is 2. The second-order valence-corrected chi connectivity index (χ2v) is 6.00. The third-order valence-electron chi connectivity index (χ3n) is 3.59. The predicted octanol–water partition coefficient (Wildman–Crippen LogP) is 4.06. The average Bonchev–Trinajstić information content (AvgIpc) is 2.52. The Morgan fingerprint density at radius 1 is 1.12 bits per heavy atom. The summed E-state index contributed by atoms with van der Waals surface area (Å²) in [4.78, 5) is 24.0. The molecule has 1 aliphatic heterocycles. The van der Waals surface area contributed by atoms with Gasteiger partial charge in [0.25, 0.3) is 5.79 Å². The maximum Gasteiger partial charge on any atom is 0.348 e. The third kappa shape index (κ3) is 4.69. The number of cyclic esters (lactones) is 2. The molecule has 4 heteroatoms. The van der Waals surface area contributed by atoms with Crippen LogP contribution in [0, 0.1) is 0 Å². The Bertz CT molecular complexity index is 646. The predicted molar refractivity (Wildman–Crippen MR) is 92.1 cm³/mol. The Morgan fingerprint density at radius 2 is 1.75 bits per heavy atom. The number of esters is 2. The van der Waals surface area contributed by atoms with Gasteiger partial charge in [0.05, 0.1) is 0 Å². The molecule has 126 valence electrons. The van der Waals surface area contributed by atoms with Crippen LogP contribution in [0.2, 0.25) is 0 Å². The van der Waals surface area contributed by atoms with Gasteiger partial charge in [-0.1, -0.05) is 54.6 Å². The highest BCUT2D eigenvalue weighted by molar-refractivity contribution is 6.15. The number of carbonyl (C=O) groups is 2. The van der Waals surface area contributed by atoms with E-state index >= 15 is 0 Å². The number of rotatable bonds is 6. The van der Waals surface area contributed by atoms with Crippen molar-refractivity contribution < 1.29 is 19.1 Å². The third-order valence-corrected chi connectivity index (χ3v) is 3.59. The lowest BCUT2D eigenvalue weighted by atomic mass is 9.93. The van der Waals surface area contributed by atoms with Crippen LogP contribution in [0.1, 0.15) is 38.2 Å². The van der Waals surface area contributed by atoms with Crippen LogP contribution in [0.25, 0.3) is 0 Å². The standard InChI is InChI=1S/C20H22O4/c1-4-5-7-10-16(15-11-8-6-9-12-15)13-14-17-18(21)23-20(2,3)24-19(17)22/h4,6-12,14,16H,1,5,13H2,2-3H3/b10-7+/t16-/m1/s1. The highest BCUT2D eigenvalue weighted by Crippen LogP contribution is 2.26. The lowest BCUT2D eigenvalue weighted by Crippen LogP contribution is -2.41. The van der Waals surface area contributed by atoms with Crippen molar-refractivity contribution in [2.45, 2.75) is 38.4 Å². The molecule has 0 aliphatic carbocycles. The number of hydrogen-bond donors (Lipinski definition) is 0. The number of allylic oxidation sites excluding steroid dienone is 4. The molecule has 0 unspecified atom stereocenters. The first kappa shape index (κ1) is 17.7. The minimum atomic E-state index is -1.21. The first-order chi connectivity index (χ1) is 11.4. The molecule has 1 saturated heterocycles. The van der Waals surface area contributed by atoms with Crippen LogP contribution in [0.5, 0.6) is 0 Å².